The van der Waals surface area contributed by atoms with E-state index in [4.69, 9.17) is 8.83 Å². The minimum atomic E-state index is 0.817. The molecule has 4 nitrogen and oxygen atoms in total. The van der Waals surface area contributed by atoms with E-state index in [2.05, 4.69) is 209 Å². The summed E-state index contributed by atoms with van der Waals surface area (Å²) in [4.78, 5) is 4.69. The highest BCUT2D eigenvalue weighted by atomic mass is 16.3. The van der Waals surface area contributed by atoms with Crippen LogP contribution in [0.1, 0.15) is 33.4 Å². The molecule has 9 aromatic carbocycles. The molecule has 0 saturated heterocycles. The van der Waals surface area contributed by atoms with Crippen LogP contribution in [-0.2, 0) is 0 Å². The molecule has 0 unspecified atom stereocenters. The Bertz CT molecular complexity index is 3230. The number of aryl methyl sites for hydroxylation is 6. The number of benzene rings is 9. The lowest BCUT2D eigenvalue weighted by Crippen LogP contribution is -2.10. The second-order valence-electron chi connectivity index (χ2n) is 16.8. The van der Waals surface area contributed by atoms with Crippen molar-refractivity contribution in [2.24, 2.45) is 0 Å². The minimum Gasteiger partial charge on any atom is -0.456 e. The summed E-state index contributed by atoms with van der Waals surface area (Å²) < 4.78 is 13.3. The van der Waals surface area contributed by atoms with Crippen molar-refractivity contribution in [3.63, 3.8) is 0 Å². The Labute approximate surface area is 349 Å². The van der Waals surface area contributed by atoms with Gasteiger partial charge in [0.05, 0.1) is 0 Å². The van der Waals surface area contributed by atoms with Crippen molar-refractivity contribution in [2.75, 3.05) is 9.80 Å². The fourth-order valence-electron chi connectivity index (χ4n) is 9.23. The normalized spacial score (nSPS) is 11.8. The van der Waals surface area contributed by atoms with Gasteiger partial charge in [0.2, 0.25) is 0 Å². The summed E-state index contributed by atoms with van der Waals surface area (Å²) in [7, 11) is 0. The number of nitrogens with zero attached hydrogens (tertiary/aromatic N) is 2. The van der Waals surface area contributed by atoms with Crippen molar-refractivity contribution in [3.8, 4) is 0 Å². The van der Waals surface area contributed by atoms with Crippen LogP contribution in [0.25, 0.3) is 65.4 Å². The van der Waals surface area contributed by atoms with E-state index in [9.17, 15) is 0 Å². The topological polar surface area (TPSA) is 32.8 Å². The van der Waals surface area contributed by atoms with Crippen LogP contribution >= 0.6 is 0 Å². The third-order valence-corrected chi connectivity index (χ3v) is 12.0. The van der Waals surface area contributed by atoms with Gasteiger partial charge in [0.15, 0.2) is 0 Å². The van der Waals surface area contributed by atoms with Gasteiger partial charge in [0, 0.05) is 61.7 Å². The van der Waals surface area contributed by atoms with Crippen LogP contribution in [-0.4, -0.2) is 0 Å². The molecule has 290 valence electrons. The molecule has 0 N–H and O–H groups in total. The Hall–Kier alpha value is -7.30. The molecule has 0 amide bonds. The SMILES string of the molecule is Cc1ccc(N(c2cc(C)cc(C)c2)c2ccc3cc4c(cc3c2)oc2cc3oc5cc6cc(N(c7ccc(C)cc7)c7cc(C)cc(C)c7)ccc6cc5c3cc24)cc1. The van der Waals surface area contributed by atoms with Crippen LogP contribution < -0.4 is 9.80 Å². The summed E-state index contributed by atoms with van der Waals surface area (Å²) in [6.07, 6.45) is 0. The average molecular weight is 777 g/mol. The number of hydrogen-bond donors (Lipinski definition) is 0. The zero-order valence-corrected chi connectivity index (χ0v) is 34.7. The van der Waals surface area contributed by atoms with Crippen LogP contribution in [0.2, 0.25) is 0 Å². The van der Waals surface area contributed by atoms with Crippen LogP contribution in [0.15, 0.2) is 167 Å². The molecule has 0 aliphatic heterocycles. The van der Waals surface area contributed by atoms with Crippen LogP contribution in [0.3, 0.4) is 0 Å². The third kappa shape index (κ3) is 6.15. The molecule has 0 spiro atoms. The highest BCUT2D eigenvalue weighted by Crippen LogP contribution is 2.43. The molecule has 11 rings (SSSR count). The van der Waals surface area contributed by atoms with E-state index in [1.807, 2.05) is 0 Å². The van der Waals surface area contributed by atoms with Gasteiger partial charge in [-0.15, -0.1) is 0 Å². The molecular formula is C56H44N2O2. The van der Waals surface area contributed by atoms with Gasteiger partial charge in [-0.1, -0.05) is 59.7 Å². The first-order valence-corrected chi connectivity index (χ1v) is 20.7. The molecule has 0 saturated carbocycles. The Morgan fingerprint density at radius 1 is 0.250 bits per heavy atom. The maximum absolute atomic E-state index is 6.63. The molecule has 11 aromatic rings. The highest BCUT2D eigenvalue weighted by molar-refractivity contribution is 6.18. The summed E-state index contributed by atoms with van der Waals surface area (Å²) in [5.41, 5.74) is 17.5. The standard InChI is InChI=1S/C56H44N2O2/c1-33-7-13-43(14-8-33)57(47-21-35(3)19-36(4)22-47)45-17-11-39-27-49-51-31-52-50-28-40-12-18-46(58(44-15-9-34(2)10-16-44)48-23-37(5)20-38(6)24-48)26-42(40)30-54(50)60-56(52)32-55(51)59-53(49)29-41(39)25-45/h7-32H,1-6H3. The van der Waals surface area contributed by atoms with Crippen molar-refractivity contribution in [2.45, 2.75) is 41.5 Å². The Kier molecular flexibility index (Phi) is 8.15. The van der Waals surface area contributed by atoms with Crippen molar-refractivity contribution in [1.29, 1.82) is 0 Å². The molecule has 0 atom stereocenters. The first kappa shape index (κ1) is 35.8. The fraction of sp³-hybridized carbons (Fsp3) is 0.107. The van der Waals surface area contributed by atoms with Crippen molar-refractivity contribution >= 4 is 99.5 Å². The number of fused-ring (bicyclic) bond motifs is 8. The van der Waals surface area contributed by atoms with E-state index in [0.717, 1.165) is 99.5 Å². The van der Waals surface area contributed by atoms with Gasteiger partial charge >= 0.3 is 0 Å². The maximum Gasteiger partial charge on any atom is 0.139 e. The molecular weight excluding hydrogens is 733 g/mol. The summed E-state index contributed by atoms with van der Waals surface area (Å²) in [6, 6.07) is 57.7. The van der Waals surface area contributed by atoms with Gasteiger partial charge in [0.1, 0.15) is 22.3 Å². The van der Waals surface area contributed by atoms with Gasteiger partial charge in [0.25, 0.3) is 0 Å². The van der Waals surface area contributed by atoms with E-state index >= 15 is 0 Å². The second-order valence-corrected chi connectivity index (χ2v) is 16.8. The quantitative estimate of drug-likeness (QED) is 0.168. The first-order chi connectivity index (χ1) is 29.1. The van der Waals surface area contributed by atoms with Crippen LogP contribution in [0.5, 0.6) is 0 Å². The summed E-state index contributed by atoms with van der Waals surface area (Å²) in [5, 5.41) is 8.94. The molecule has 0 bridgehead atoms. The molecule has 0 radical (unpaired) electrons. The van der Waals surface area contributed by atoms with Crippen molar-refractivity contribution in [3.05, 3.63) is 191 Å². The Morgan fingerprint density at radius 3 is 1.00 bits per heavy atom. The number of furan rings is 2. The zero-order chi connectivity index (χ0) is 40.8. The molecule has 4 heteroatoms. The number of hydrogen-bond acceptors (Lipinski definition) is 4. The highest BCUT2D eigenvalue weighted by Gasteiger charge is 2.19. The van der Waals surface area contributed by atoms with Crippen LogP contribution in [0.4, 0.5) is 34.1 Å². The zero-order valence-electron chi connectivity index (χ0n) is 34.7. The second kappa shape index (κ2) is 13.6. The summed E-state index contributed by atoms with van der Waals surface area (Å²) in [6.45, 7) is 12.9. The Balaban J connectivity index is 1.00. The van der Waals surface area contributed by atoms with Gasteiger partial charge < -0.3 is 18.6 Å². The molecule has 0 aliphatic carbocycles. The minimum absolute atomic E-state index is 0.817. The van der Waals surface area contributed by atoms with E-state index < -0.39 is 0 Å². The van der Waals surface area contributed by atoms with Crippen molar-refractivity contribution in [1.82, 2.24) is 0 Å². The average Bonchev–Trinajstić information content (AvgIpc) is 3.74. The van der Waals surface area contributed by atoms with Crippen LogP contribution in [0, 0.1) is 41.5 Å². The Morgan fingerprint density at radius 2 is 0.600 bits per heavy atom. The molecule has 2 heterocycles. The van der Waals surface area contributed by atoms with E-state index in [-0.39, 0.29) is 0 Å². The maximum atomic E-state index is 6.63. The largest absolute Gasteiger partial charge is 0.456 e. The van der Waals surface area contributed by atoms with Gasteiger partial charge in [-0.3, -0.25) is 0 Å². The predicted molar refractivity (Wildman–Crippen MR) is 254 cm³/mol. The van der Waals surface area contributed by atoms with Gasteiger partial charge in [-0.05, 0) is 188 Å². The first-order valence-electron chi connectivity index (χ1n) is 20.7. The monoisotopic (exact) mass is 776 g/mol. The smallest absolute Gasteiger partial charge is 0.139 e. The van der Waals surface area contributed by atoms with E-state index in [1.54, 1.807) is 0 Å². The lowest BCUT2D eigenvalue weighted by molar-refractivity contribution is 0.656. The van der Waals surface area contributed by atoms with Gasteiger partial charge in [-0.25, -0.2) is 0 Å². The number of anilines is 6. The third-order valence-electron chi connectivity index (χ3n) is 12.0. The summed E-state index contributed by atoms with van der Waals surface area (Å²) in [5.74, 6) is 0. The van der Waals surface area contributed by atoms with Gasteiger partial charge in [-0.2, -0.15) is 0 Å². The number of rotatable bonds is 6. The summed E-state index contributed by atoms with van der Waals surface area (Å²) >= 11 is 0. The lowest BCUT2D eigenvalue weighted by atomic mass is 10.0. The fourth-order valence-corrected chi connectivity index (χ4v) is 9.23. The molecule has 2 aromatic heterocycles. The molecule has 60 heavy (non-hydrogen) atoms. The van der Waals surface area contributed by atoms with E-state index in [1.165, 1.54) is 33.4 Å². The lowest BCUT2D eigenvalue weighted by Gasteiger charge is -2.26. The predicted octanol–water partition coefficient (Wildman–Crippen LogP) is 16.6. The molecule has 0 aliphatic rings. The van der Waals surface area contributed by atoms with Crippen molar-refractivity contribution < 1.29 is 8.83 Å². The molecule has 0 fully saturated rings. The van der Waals surface area contributed by atoms with E-state index in [0.29, 0.717) is 0 Å².